The number of methoxy groups -OCH3 is 1. The van der Waals surface area contributed by atoms with Crippen LogP contribution in [0.4, 0.5) is 5.69 Å². The first-order chi connectivity index (χ1) is 10.7. The second kappa shape index (κ2) is 9.10. The van der Waals surface area contributed by atoms with Crippen molar-refractivity contribution in [2.24, 2.45) is 0 Å². The number of rotatable bonds is 5. The van der Waals surface area contributed by atoms with E-state index in [4.69, 9.17) is 16.3 Å². The highest BCUT2D eigenvalue weighted by Crippen LogP contribution is 2.38. The van der Waals surface area contributed by atoms with E-state index in [0.29, 0.717) is 22.0 Å². The monoisotopic (exact) mass is 676 g/mol. The average Bonchev–Trinajstić information content (AvgIpc) is 2.46. The Morgan fingerprint density at radius 1 is 1.13 bits per heavy atom. The normalized spacial score (nSPS) is 10.4. The van der Waals surface area contributed by atoms with E-state index in [0.717, 1.165) is 0 Å². The number of nitrogens with zero attached hydrogens (tertiary/aromatic N) is 1. The van der Waals surface area contributed by atoms with Crippen molar-refractivity contribution in [1.29, 1.82) is 0 Å². The van der Waals surface area contributed by atoms with Gasteiger partial charge in [0.05, 0.1) is 24.0 Å². The van der Waals surface area contributed by atoms with E-state index in [1.807, 2.05) is 67.8 Å². The van der Waals surface area contributed by atoms with Gasteiger partial charge in [-0.05, 0) is 79.4 Å². The number of likely N-dealkylation sites (N-methyl/N-ethyl adjacent to an activating group) is 1. The lowest BCUT2D eigenvalue weighted by Gasteiger charge is -2.24. The van der Waals surface area contributed by atoms with Gasteiger partial charge in [-0.3, -0.25) is 14.4 Å². The van der Waals surface area contributed by atoms with E-state index in [9.17, 15) is 14.4 Å². The van der Waals surface area contributed by atoms with Crippen LogP contribution in [0.5, 0.6) is 0 Å². The molecule has 0 heterocycles. The van der Waals surface area contributed by atoms with Gasteiger partial charge in [-0.15, -0.1) is 0 Å². The number of carbonyl (C=O) groups excluding carboxylic acids is 3. The lowest BCUT2D eigenvalue weighted by atomic mass is 10.1. The van der Waals surface area contributed by atoms with Gasteiger partial charge in [0.15, 0.2) is 0 Å². The second-order valence-electron chi connectivity index (χ2n) is 4.28. The molecular weight excluding hydrogens is 664 g/mol. The van der Waals surface area contributed by atoms with Gasteiger partial charge in [0.1, 0.15) is 6.61 Å². The van der Waals surface area contributed by atoms with E-state index >= 15 is 0 Å². The SMILES string of the molecule is CNC(=O)c1c(I)c(C(=O)Cl)c(I)c(N(C)C(=O)COC)c1I. The van der Waals surface area contributed by atoms with Crippen molar-refractivity contribution in [3.63, 3.8) is 0 Å². The Hall–Kier alpha value is 0.270. The van der Waals surface area contributed by atoms with Gasteiger partial charge in [0.25, 0.3) is 17.1 Å². The number of halogens is 4. The highest BCUT2D eigenvalue weighted by atomic mass is 127. The van der Waals surface area contributed by atoms with Gasteiger partial charge in [-0.2, -0.15) is 0 Å². The number of anilines is 1. The maximum Gasteiger partial charge on any atom is 0.254 e. The van der Waals surface area contributed by atoms with Crippen LogP contribution in [0.15, 0.2) is 0 Å². The molecule has 0 atom stereocenters. The van der Waals surface area contributed by atoms with Crippen molar-refractivity contribution in [3.05, 3.63) is 21.8 Å². The smallest absolute Gasteiger partial charge is 0.254 e. The van der Waals surface area contributed by atoms with Gasteiger partial charge in [-0.25, -0.2) is 0 Å². The molecule has 0 aliphatic rings. The zero-order chi connectivity index (χ0) is 17.9. The Labute approximate surface area is 179 Å². The minimum Gasteiger partial charge on any atom is -0.375 e. The minimum atomic E-state index is -0.686. The van der Waals surface area contributed by atoms with Crippen LogP contribution in [0.25, 0.3) is 0 Å². The molecule has 0 saturated carbocycles. The molecule has 0 bridgehead atoms. The van der Waals surface area contributed by atoms with Crippen LogP contribution in [-0.2, 0) is 9.53 Å². The van der Waals surface area contributed by atoms with Gasteiger partial charge >= 0.3 is 0 Å². The number of hydrogen-bond donors (Lipinski definition) is 1. The fourth-order valence-electron chi connectivity index (χ4n) is 1.79. The fraction of sp³-hybridized carbons (Fsp3) is 0.308. The molecule has 10 heteroatoms. The molecular formula is C13H12ClI3N2O4. The number of hydrogen-bond acceptors (Lipinski definition) is 4. The summed E-state index contributed by atoms with van der Waals surface area (Å²) in [5.74, 6) is -0.663. The molecule has 0 radical (unpaired) electrons. The molecule has 0 aliphatic heterocycles. The van der Waals surface area contributed by atoms with Crippen molar-refractivity contribution >= 4 is 102 Å². The summed E-state index contributed by atoms with van der Waals surface area (Å²) >= 11 is 11.6. The number of ether oxygens (including phenoxy) is 1. The maximum absolute atomic E-state index is 12.2. The van der Waals surface area contributed by atoms with E-state index in [1.54, 1.807) is 7.05 Å². The summed E-state index contributed by atoms with van der Waals surface area (Å²) in [6.45, 7) is -0.117. The van der Waals surface area contributed by atoms with Gasteiger partial charge in [0.2, 0.25) is 0 Å². The van der Waals surface area contributed by atoms with Gasteiger partial charge in [0, 0.05) is 24.8 Å². The molecule has 1 aromatic carbocycles. The van der Waals surface area contributed by atoms with E-state index in [2.05, 4.69) is 5.32 Å². The predicted octanol–water partition coefficient (Wildman–Crippen LogP) is 2.85. The Morgan fingerprint density at radius 2 is 1.65 bits per heavy atom. The highest BCUT2D eigenvalue weighted by Gasteiger charge is 2.29. The van der Waals surface area contributed by atoms with Crippen LogP contribution < -0.4 is 10.2 Å². The number of benzene rings is 1. The van der Waals surface area contributed by atoms with Crippen LogP contribution in [0.3, 0.4) is 0 Å². The Bertz CT molecular complexity index is 682. The summed E-state index contributed by atoms with van der Waals surface area (Å²) in [6, 6.07) is 0. The molecule has 0 aromatic heterocycles. The largest absolute Gasteiger partial charge is 0.375 e. The third-order valence-corrected chi connectivity index (χ3v) is 6.29. The summed E-state index contributed by atoms with van der Waals surface area (Å²) in [4.78, 5) is 37.5. The third-order valence-electron chi connectivity index (χ3n) is 2.92. The zero-order valence-corrected chi connectivity index (χ0v) is 19.5. The van der Waals surface area contributed by atoms with E-state index < -0.39 is 5.24 Å². The quantitative estimate of drug-likeness (QED) is 0.385. The summed E-state index contributed by atoms with van der Waals surface area (Å²) in [5.41, 5.74) is 0.973. The molecule has 1 N–H and O–H groups in total. The summed E-state index contributed by atoms with van der Waals surface area (Å²) in [6.07, 6.45) is 0. The average molecular weight is 676 g/mol. The molecule has 0 fully saturated rings. The predicted molar refractivity (Wildman–Crippen MR) is 113 cm³/mol. The Morgan fingerprint density at radius 3 is 2.09 bits per heavy atom. The molecule has 126 valence electrons. The van der Waals surface area contributed by atoms with Crippen LogP contribution in [0.1, 0.15) is 20.7 Å². The molecule has 0 saturated heterocycles. The fourth-order valence-corrected chi connectivity index (χ4v) is 7.16. The standard InChI is InChI=1S/C13H12ClI3N2O4/c1-18-13(22)7-8(15)6(12(14)21)9(16)11(10(7)17)19(2)5(20)4-23-3/h4H2,1-3H3,(H,18,22). The molecule has 2 amide bonds. The summed E-state index contributed by atoms with van der Waals surface area (Å²) < 4.78 is 6.38. The number of nitrogens with one attached hydrogen (secondary N) is 1. The van der Waals surface area contributed by atoms with Crippen LogP contribution in [0, 0.1) is 10.7 Å². The van der Waals surface area contributed by atoms with Crippen LogP contribution in [0.2, 0.25) is 0 Å². The lowest BCUT2D eigenvalue weighted by molar-refractivity contribution is -0.121. The first kappa shape index (κ1) is 21.3. The molecule has 23 heavy (non-hydrogen) atoms. The maximum atomic E-state index is 12.2. The Kier molecular flexibility index (Phi) is 8.43. The van der Waals surface area contributed by atoms with Crippen molar-refractivity contribution in [2.45, 2.75) is 0 Å². The molecule has 1 rings (SSSR count). The first-order valence-corrected chi connectivity index (χ1v) is 9.68. The first-order valence-electron chi connectivity index (χ1n) is 6.06. The molecule has 1 aromatic rings. The molecule has 6 nitrogen and oxygen atoms in total. The van der Waals surface area contributed by atoms with Crippen LogP contribution in [-0.4, -0.2) is 44.9 Å². The number of amides is 2. The van der Waals surface area contributed by atoms with E-state index in [1.165, 1.54) is 19.1 Å². The van der Waals surface area contributed by atoms with Crippen molar-refractivity contribution in [3.8, 4) is 0 Å². The lowest BCUT2D eigenvalue weighted by Crippen LogP contribution is -2.33. The second-order valence-corrected chi connectivity index (χ2v) is 7.86. The summed E-state index contributed by atoms with van der Waals surface area (Å²) in [5, 5.41) is 1.85. The van der Waals surface area contributed by atoms with Gasteiger partial charge in [-0.1, -0.05) is 0 Å². The third kappa shape index (κ3) is 4.46. The number of carbonyl (C=O) groups is 3. The minimum absolute atomic E-state index is 0.117. The summed E-state index contributed by atoms with van der Waals surface area (Å²) in [7, 11) is 4.47. The Balaban J connectivity index is 3.76. The molecule has 0 aliphatic carbocycles. The molecule has 0 spiro atoms. The zero-order valence-electron chi connectivity index (χ0n) is 12.3. The van der Waals surface area contributed by atoms with Crippen molar-refractivity contribution in [2.75, 3.05) is 32.7 Å². The van der Waals surface area contributed by atoms with Gasteiger partial charge < -0.3 is 15.0 Å². The molecule has 0 unspecified atom stereocenters. The topological polar surface area (TPSA) is 75.7 Å². The van der Waals surface area contributed by atoms with Crippen LogP contribution >= 0.6 is 79.4 Å². The van der Waals surface area contributed by atoms with Crippen molar-refractivity contribution < 1.29 is 19.1 Å². The van der Waals surface area contributed by atoms with Crippen molar-refractivity contribution in [1.82, 2.24) is 5.32 Å². The van der Waals surface area contributed by atoms with E-state index in [-0.39, 0.29) is 24.0 Å². The highest BCUT2D eigenvalue weighted by molar-refractivity contribution is 14.1.